The molecule has 1 aliphatic rings. The molecule has 0 aliphatic carbocycles. The number of hydrogen-bond acceptors (Lipinski definition) is 9. The molecular formula is C34H28O9. The SMILES string of the molecule is O=C(OC[C@H]1O[C@H](OC(=O)c2ccccc2)C[C@@H](OC(=O)c2ccccc2)[C@H]1OC(=O)c1ccccc1)c1ccccc1. The monoisotopic (exact) mass is 580 g/mol. The first-order chi connectivity index (χ1) is 21.0. The van der Waals surface area contributed by atoms with Crippen LogP contribution < -0.4 is 0 Å². The number of carbonyl (C=O) groups is 4. The van der Waals surface area contributed by atoms with E-state index >= 15 is 0 Å². The molecule has 0 aromatic heterocycles. The van der Waals surface area contributed by atoms with Crippen molar-refractivity contribution in [1.29, 1.82) is 0 Å². The van der Waals surface area contributed by atoms with E-state index in [1.54, 1.807) is 121 Å². The Labute approximate surface area is 247 Å². The summed E-state index contributed by atoms with van der Waals surface area (Å²) < 4.78 is 28.9. The van der Waals surface area contributed by atoms with Crippen LogP contribution in [0.4, 0.5) is 0 Å². The van der Waals surface area contributed by atoms with E-state index in [1.807, 2.05) is 0 Å². The van der Waals surface area contributed by atoms with Crippen molar-refractivity contribution in [2.45, 2.75) is 31.0 Å². The van der Waals surface area contributed by atoms with Crippen LogP contribution in [0.5, 0.6) is 0 Å². The van der Waals surface area contributed by atoms with Crippen molar-refractivity contribution >= 4 is 23.9 Å². The lowest BCUT2D eigenvalue weighted by atomic mass is 10.0. The Morgan fingerprint density at radius 2 is 0.930 bits per heavy atom. The lowest BCUT2D eigenvalue weighted by Crippen LogP contribution is -2.54. The van der Waals surface area contributed by atoms with Crippen LogP contribution >= 0.6 is 0 Å². The first-order valence-electron chi connectivity index (χ1n) is 13.6. The third-order valence-corrected chi connectivity index (χ3v) is 6.64. The summed E-state index contributed by atoms with van der Waals surface area (Å²) in [5.41, 5.74) is 1.11. The molecular weight excluding hydrogens is 552 g/mol. The first kappa shape index (κ1) is 29.2. The number of carbonyl (C=O) groups excluding carboxylic acids is 4. The molecule has 4 atom stereocenters. The maximum atomic E-state index is 13.2. The molecule has 0 amide bonds. The summed E-state index contributed by atoms with van der Waals surface area (Å²) in [7, 11) is 0. The molecule has 0 unspecified atom stereocenters. The first-order valence-corrected chi connectivity index (χ1v) is 13.6. The van der Waals surface area contributed by atoms with E-state index in [9.17, 15) is 19.2 Å². The van der Waals surface area contributed by atoms with E-state index in [0.29, 0.717) is 5.56 Å². The van der Waals surface area contributed by atoms with Crippen molar-refractivity contribution in [1.82, 2.24) is 0 Å². The summed E-state index contributed by atoms with van der Waals surface area (Å²) in [5, 5.41) is 0. The molecule has 0 radical (unpaired) electrons. The number of benzene rings is 4. The fourth-order valence-corrected chi connectivity index (χ4v) is 4.49. The number of hydrogen-bond donors (Lipinski definition) is 0. The van der Waals surface area contributed by atoms with E-state index in [0.717, 1.165) is 0 Å². The smallest absolute Gasteiger partial charge is 0.340 e. The van der Waals surface area contributed by atoms with Crippen molar-refractivity contribution < 1.29 is 42.9 Å². The topological polar surface area (TPSA) is 114 Å². The highest BCUT2D eigenvalue weighted by atomic mass is 16.7. The second kappa shape index (κ2) is 14.1. The van der Waals surface area contributed by atoms with Gasteiger partial charge in [0.15, 0.2) is 6.10 Å². The molecule has 0 bridgehead atoms. The lowest BCUT2D eigenvalue weighted by molar-refractivity contribution is -0.238. The van der Waals surface area contributed by atoms with Gasteiger partial charge in [0.1, 0.15) is 18.8 Å². The molecule has 1 heterocycles. The summed E-state index contributed by atoms with van der Waals surface area (Å²) in [6, 6.07) is 33.2. The predicted octanol–water partition coefficient (Wildman–Crippen LogP) is 5.27. The van der Waals surface area contributed by atoms with Crippen LogP contribution in [0, 0.1) is 0 Å². The summed E-state index contributed by atoms with van der Waals surface area (Å²) in [4.78, 5) is 51.9. The molecule has 4 aromatic rings. The number of esters is 4. The van der Waals surface area contributed by atoms with E-state index in [4.69, 9.17) is 23.7 Å². The molecule has 4 aromatic carbocycles. The minimum Gasteiger partial charge on any atom is -0.459 e. The van der Waals surface area contributed by atoms with Crippen molar-refractivity contribution in [2.75, 3.05) is 6.61 Å². The quantitative estimate of drug-likeness (QED) is 0.193. The largest absolute Gasteiger partial charge is 0.459 e. The van der Waals surface area contributed by atoms with Gasteiger partial charge in [-0.05, 0) is 48.5 Å². The van der Waals surface area contributed by atoms with Gasteiger partial charge in [0.2, 0.25) is 6.29 Å². The van der Waals surface area contributed by atoms with E-state index in [1.165, 1.54) is 0 Å². The fourth-order valence-electron chi connectivity index (χ4n) is 4.49. The van der Waals surface area contributed by atoms with Crippen LogP contribution in [0.2, 0.25) is 0 Å². The van der Waals surface area contributed by atoms with Gasteiger partial charge in [-0.2, -0.15) is 0 Å². The van der Waals surface area contributed by atoms with Crippen LogP contribution in [0.1, 0.15) is 47.9 Å². The minimum atomic E-state index is -1.21. The second-order valence-electron chi connectivity index (χ2n) is 9.62. The summed E-state index contributed by atoms with van der Waals surface area (Å²) >= 11 is 0. The summed E-state index contributed by atoms with van der Waals surface area (Å²) in [6.45, 7) is -0.390. The molecule has 0 saturated carbocycles. The molecule has 0 N–H and O–H groups in total. The highest BCUT2D eigenvalue weighted by Crippen LogP contribution is 2.29. The van der Waals surface area contributed by atoms with Gasteiger partial charge in [0.25, 0.3) is 0 Å². The van der Waals surface area contributed by atoms with Gasteiger partial charge in [0, 0.05) is 0 Å². The maximum absolute atomic E-state index is 13.2. The highest BCUT2D eigenvalue weighted by Gasteiger charge is 2.46. The molecule has 1 saturated heterocycles. The summed E-state index contributed by atoms with van der Waals surface area (Å²) in [5.74, 6) is -2.69. The van der Waals surface area contributed by atoms with Gasteiger partial charge in [-0.3, -0.25) is 0 Å². The highest BCUT2D eigenvalue weighted by molar-refractivity contribution is 5.91. The minimum absolute atomic E-state index is 0.146. The van der Waals surface area contributed by atoms with Crippen molar-refractivity contribution in [3.8, 4) is 0 Å². The fraction of sp³-hybridized carbons (Fsp3) is 0.176. The van der Waals surface area contributed by atoms with E-state index < -0.39 is 48.5 Å². The Balaban J connectivity index is 1.42. The standard InChI is InChI=1S/C34H28O9/c35-31(23-13-5-1-6-14-23)39-22-28-30(43-34(38)26-19-11-4-12-20-26)27(41-32(36)24-15-7-2-8-16-24)21-29(40-28)42-33(37)25-17-9-3-10-18-25/h1-20,27-30H,21-22H2/t27-,28-,29-,30-/m1/s1. The normalized spacial score (nSPS) is 19.4. The molecule has 9 nitrogen and oxygen atoms in total. The van der Waals surface area contributed by atoms with Gasteiger partial charge >= 0.3 is 23.9 Å². The zero-order valence-electron chi connectivity index (χ0n) is 22.9. The van der Waals surface area contributed by atoms with Crippen molar-refractivity contribution in [2.24, 2.45) is 0 Å². The third-order valence-electron chi connectivity index (χ3n) is 6.64. The van der Waals surface area contributed by atoms with Crippen LogP contribution in [0.25, 0.3) is 0 Å². The Morgan fingerprint density at radius 3 is 1.40 bits per heavy atom. The summed E-state index contributed by atoms with van der Waals surface area (Å²) in [6.07, 6.45) is -4.85. The molecule has 1 aliphatic heterocycles. The Kier molecular flexibility index (Phi) is 9.56. The Morgan fingerprint density at radius 1 is 0.535 bits per heavy atom. The van der Waals surface area contributed by atoms with Gasteiger partial charge in [-0.1, -0.05) is 72.8 Å². The Hall–Kier alpha value is -5.28. The zero-order chi connectivity index (χ0) is 30.0. The number of rotatable bonds is 9. The number of ether oxygens (including phenoxy) is 5. The van der Waals surface area contributed by atoms with Gasteiger partial charge < -0.3 is 23.7 Å². The maximum Gasteiger partial charge on any atom is 0.340 e. The van der Waals surface area contributed by atoms with Crippen molar-refractivity contribution in [3.63, 3.8) is 0 Å². The van der Waals surface area contributed by atoms with Crippen LogP contribution in [-0.4, -0.2) is 55.1 Å². The van der Waals surface area contributed by atoms with Gasteiger partial charge in [0.05, 0.1) is 28.7 Å². The van der Waals surface area contributed by atoms with Crippen LogP contribution in [0.15, 0.2) is 121 Å². The van der Waals surface area contributed by atoms with E-state index in [-0.39, 0.29) is 29.7 Å². The molecule has 9 heteroatoms. The molecule has 0 spiro atoms. The second-order valence-corrected chi connectivity index (χ2v) is 9.62. The van der Waals surface area contributed by atoms with Crippen LogP contribution in [0.3, 0.4) is 0 Å². The lowest BCUT2D eigenvalue weighted by Gasteiger charge is -2.39. The predicted molar refractivity (Wildman–Crippen MR) is 153 cm³/mol. The molecule has 218 valence electrons. The van der Waals surface area contributed by atoms with Gasteiger partial charge in [-0.15, -0.1) is 0 Å². The third kappa shape index (κ3) is 7.72. The van der Waals surface area contributed by atoms with Gasteiger partial charge in [-0.25, -0.2) is 19.2 Å². The average Bonchev–Trinajstić information content (AvgIpc) is 3.06. The molecule has 5 rings (SSSR count). The molecule has 1 fully saturated rings. The Bertz CT molecular complexity index is 1530. The van der Waals surface area contributed by atoms with E-state index in [2.05, 4.69) is 0 Å². The zero-order valence-corrected chi connectivity index (χ0v) is 22.9. The van der Waals surface area contributed by atoms with Crippen molar-refractivity contribution in [3.05, 3.63) is 144 Å². The molecule has 43 heavy (non-hydrogen) atoms. The van der Waals surface area contributed by atoms with Crippen LogP contribution in [-0.2, 0) is 23.7 Å². The average molecular weight is 581 g/mol.